The molecule has 122 valence electrons. The molecule has 6 nitrogen and oxygen atoms in total. The predicted octanol–water partition coefficient (Wildman–Crippen LogP) is 1.92. The molecular formula is C13H20N4O2S3. The van der Waals surface area contributed by atoms with Gasteiger partial charge in [-0.05, 0) is 19.3 Å². The summed E-state index contributed by atoms with van der Waals surface area (Å²) in [5, 5.41) is 13.9. The van der Waals surface area contributed by atoms with Gasteiger partial charge < -0.3 is 10.6 Å². The third-order valence-corrected chi connectivity index (χ3v) is 6.42. The number of hydrogen-bond donors (Lipinski definition) is 2. The van der Waals surface area contributed by atoms with E-state index in [4.69, 9.17) is 0 Å². The van der Waals surface area contributed by atoms with E-state index in [2.05, 4.69) is 20.8 Å². The summed E-state index contributed by atoms with van der Waals surface area (Å²) < 4.78 is 1.56. The highest BCUT2D eigenvalue weighted by Gasteiger charge is 2.23. The maximum Gasteiger partial charge on any atom is 0.233 e. The zero-order valence-electron chi connectivity index (χ0n) is 12.5. The molecule has 0 aliphatic carbocycles. The Kier molecular flexibility index (Phi) is 7.47. The van der Waals surface area contributed by atoms with Crippen molar-refractivity contribution in [2.24, 2.45) is 0 Å². The molecule has 0 saturated carbocycles. The van der Waals surface area contributed by atoms with Crippen LogP contribution in [0.25, 0.3) is 0 Å². The molecular weight excluding hydrogens is 340 g/mol. The van der Waals surface area contributed by atoms with Crippen LogP contribution < -0.4 is 10.6 Å². The van der Waals surface area contributed by atoms with Crippen molar-refractivity contribution in [3.8, 4) is 0 Å². The summed E-state index contributed by atoms with van der Waals surface area (Å²) in [6, 6.07) is 0. The number of amides is 2. The van der Waals surface area contributed by atoms with Crippen molar-refractivity contribution in [3.05, 3.63) is 0 Å². The van der Waals surface area contributed by atoms with Crippen molar-refractivity contribution in [2.75, 3.05) is 18.8 Å². The molecule has 1 saturated heterocycles. The van der Waals surface area contributed by atoms with Gasteiger partial charge in [0.2, 0.25) is 11.8 Å². The summed E-state index contributed by atoms with van der Waals surface area (Å²) >= 11 is 4.30. The first-order chi connectivity index (χ1) is 10.7. The van der Waals surface area contributed by atoms with Gasteiger partial charge in [0.05, 0.1) is 11.0 Å². The van der Waals surface area contributed by atoms with E-state index in [9.17, 15) is 9.59 Å². The molecule has 2 heterocycles. The Balaban J connectivity index is 1.80. The van der Waals surface area contributed by atoms with Crippen molar-refractivity contribution in [3.63, 3.8) is 0 Å². The highest BCUT2D eigenvalue weighted by atomic mass is 32.2. The summed E-state index contributed by atoms with van der Waals surface area (Å²) in [5.41, 5.74) is 0. The Bertz CT molecular complexity index is 509. The number of nitrogens with one attached hydrogen (secondary N) is 2. The van der Waals surface area contributed by atoms with Crippen molar-refractivity contribution in [1.82, 2.24) is 20.8 Å². The van der Waals surface area contributed by atoms with Gasteiger partial charge in [0, 0.05) is 13.1 Å². The summed E-state index contributed by atoms with van der Waals surface area (Å²) in [6.07, 6.45) is 3.89. The Morgan fingerprint density at radius 1 is 1.41 bits per heavy atom. The first-order valence-electron chi connectivity index (χ1n) is 7.36. The van der Waals surface area contributed by atoms with Crippen molar-refractivity contribution in [2.45, 2.75) is 46.5 Å². The van der Waals surface area contributed by atoms with E-state index in [0.29, 0.717) is 12.3 Å². The maximum absolute atomic E-state index is 11.9. The predicted molar refractivity (Wildman–Crippen MR) is 90.4 cm³/mol. The number of carbonyl (C=O) groups is 2. The van der Waals surface area contributed by atoms with Crippen LogP contribution in [-0.4, -0.2) is 46.1 Å². The summed E-state index contributed by atoms with van der Waals surface area (Å²) in [7, 11) is 0. The molecule has 1 fully saturated rings. The van der Waals surface area contributed by atoms with Gasteiger partial charge in [0.1, 0.15) is 0 Å². The highest BCUT2D eigenvalue weighted by Crippen LogP contribution is 2.33. The van der Waals surface area contributed by atoms with E-state index in [-0.39, 0.29) is 17.1 Å². The Hall–Kier alpha value is -0.800. The molecule has 2 rings (SSSR count). The van der Waals surface area contributed by atoms with E-state index in [1.807, 2.05) is 6.92 Å². The minimum absolute atomic E-state index is 0.0133. The SMILES string of the molecule is CCCNC(=O)CSc1nnc(S[C@H]2CCCCNC2=O)s1. The third kappa shape index (κ3) is 5.77. The number of rotatable bonds is 7. The summed E-state index contributed by atoms with van der Waals surface area (Å²) in [4.78, 5) is 23.5. The molecule has 0 aromatic carbocycles. The molecule has 1 aliphatic rings. The monoisotopic (exact) mass is 360 g/mol. The van der Waals surface area contributed by atoms with Gasteiger partial charge in [-0.25, -0.2) is 0 Å². The number of aromatic nitrogens is 2. The van der Waals surface area contributed by atoms with E-state index >= 15 is 0 Å². The highest BCUT2D eigenvalue weighted by molar-refractivity contribution is 8.04. The van der Waals surface area contributed by atoms with Gasteiger partial charge >= 0.3 is 0 Å². The Morgan fingerprint density at radius 2 is 2.23 bits per heavy atom. The van der Waals surface area contributed by atoms with E-state index in [1.54, 1.807) is 0 Å². The van der Waals surface area contributed by atoms with Crippen LogP contribution in [0.5, 0.6) is 0 Å². The van der Waals surface area contributed by atoms with Crippen LogP contribution in [0.15, 0.2) is 8.68 Å². The van der Waals surface area contributed by atoms with Crippen LogP contribution in [0, 0.1) is 0 Å². The van der Waals surface area contributed by atoms with Gasteiger partial charge in [-0.1, -0.05) is 48.2 Å². The van der Waals surface area contributed by atoms with Crippen LogP contribution in [0.2, 0.25) is 0 Å². The zero-order valence-corrected chi connectivity index (χ0v) is 14.9. The Labute approximate surface area is 142 Å². The molecule has 0 bridgehead atoms. The number of carbonyl (C=O) groups excluding carboxylic acids is 2. The fourth-order valence-electron chi connectivity index (χ4n) is 1.89. The van der Waals surface area contributed by atoms with Crippen LogP contribution in [0.4, 0.5) is 0 Å². The molecule has 1 aromatic heterocycles. The second-order valence-electron chi connectivity index (χ2n) is 4.87. The lowest BCUT2D eigenvalue weighted by Gasteiger charge is -2.09. The molecule has 22 heavy (non-hydrogen) atoms. The molecule has 2 N–H and O–H groups in total. The topological polar surface area (TPSA) is 84.0 Å². The van der Waals surface area contributed by atoms with Crippen molar-refractivity contribution in [1.29, 1.82) is 0 Å². The van der Waals surface area contributed by atoms with E-state index < -0.39 is 0 Å². The normalized spacial score (nSPS) is 18.6. The van der Waals surface area contributed by atoms with Crippen LogP contribution in [-0.2, 0) is 9.59 Å². The third-order valence-electron chi connectivity index (χ3n) is 3.01. The average Bonchev–Trinajstić information content (AvgIpc) is 2.87. The van der Waals surface area contributed by atoms with E-state index in [0.717, 1.165) is 40.9 Å². The molecule has 1 aliphatic heterocycles. The minimum Gasteiger partial charge on any atom is -0.355 e. The molecule has 0 unspecified atom stereocenters. The maximum atomic E-state index is 11.9. The molecule has 0 spiro atoms. The van der Waals surface area contributed by atoms with Gasteiger partial charge in [-0.15, -0.1) is 10.2 Å². The molecule has 0 radical (unpaired) electrons. The van der Waals surface area contributed by atoms with Crippen molar-refractivity contribution < 1.29 is 9.59 Å². The number of nitrogens with zero attached hydrogens (tertiary/aromatic N) is 2. The fraction of sp³-hybridized carbons (Fsp3) is 0.692. The molecule has 1 atom stereocenters. The van der Waals surface area contributed by atoms with Gasteiger partial charge in [0.15, 0.2) is 8.68 Å². The fourth-order valence-corrected chi connectivity index (χ4v) is 5.05. The van der Waals surface area contributed by atoms with Gasteiger partial charge in [-0.3, -0.25) is 9.59 Å². The first kappa shape index (κ1) is 17.6. The second-order valence-corrected chi connectivity index (χ2v) is 8.52. The molecule has 2 amide bonds. The average molecular weight is 361 g/mol. The Morgan fingerprint density at radius 3 is 3.05 bits per heavy atom. The van der Waals surface area contributed by atoms with Crippen molar-refractivity contribution >= 4 is 46.7 Å². The van der Waals surface area contributed by atoms with Gasteiger partial charge in [0.25, 0.3) is 0 Å². The zero-order chi connectivity index (χ0) is 15.8. The lowest BCUT2D eigenvalue weighted by molar-refractivity contribution is -0.120. The van der Waals surface area contributed by atoms with E-state index in [1.165, 1.54) is 34.9 Å². The quantitative estimate of drug-likeness (QED) is 0.723. The lowest BCUT2D eigenvalue weighted by Crippen LogP contribution is -2.30. The summed E-state index contributed by atoms with van der Waals surface area (Å²) in [6.45, 7) is 3.48. The smallest absolute Gasteiger partial charge is 0.233 e. The molecule has 1 aromatic rings. The summed E-state index contributed by atoms with van der Waals surface area (Å²) in [5.74, 6) is 0.452. The lowest BCUT2D eigenvalue weighted by atomic mass is 10.2. The van der Waals surface area contributed by atoms with Crippen LogP contribution in [0.3, 0.4) is 0 Å². The second kappa shape index (κ2) is 9.36. The first-order valence-corrected chi connectivity index (χ1v) is 10.0. The molecule has 9 heteroatoms. The largest absolute Gasteiger partial charge is 0.355 e. The number of hydrogen-bond acceptors (Lipinski definition) is 7. The minimum atomic E-state index is -0.0823. The van der Waals surface area contributed by atoms with Gasteiger partial charge in [-0.2, -0.15) is 0 Å². The number of thioether (sulfide) groups is 2. The van der Waals surface area contributed by atoms with Crippen LogP contribution in [0.1, 0.15) is 32.6 Å². The standard InChI is InChI=1S/C13H20N4O2S3/c1-2-6-14-10(18)8-20-12-16-17-13(22-12)21-9-5-3-4-7-15-11(9)19/h9H,2-8H2,1H3,(H,14,18)(H,15,19)/t9-/m0/s1. The van der Waals surface area contributed by atoms with Crippen LogP contribution >= 0.6 is 34.9 Å².